The summed E-state index contributed by atoms with van der Waals surface area (Å²) >= 11 is 0. The van der Waals surface area contributed by atoms with Crippen LogP contribution in [0.2, 0.25) is 0 Å². The summed E-state index contributed by atoms with van der Waals surface area (Å²) in [6.07, 6.45) is 0. The summed E-state index contributed by atoms with van der Waals surface area (Å²) in [5, 5.41) is 3.87. The van der Waals surface area contributed by atoms with E-state index in [1.807, 2.05) is 54.6 Å². The van der Waals surface area contributed by atoms with Crippen LogP contribution >= 0.6 is 0 Å². The third kappa shape index (κ3) is 3.57. The first-order chi connectivity index (χ1) is 11.6. The lowest BCUT2D eigenvalue weighted by Crippen LogP contribution is -2.21. The van der Waals surface area contributed by atoms with Gasteiger partial charge < -0.3 is 4.74 Å². The van der Waals surface area contributed by atoms with Crippen molar-refractivity contribution in [3.63, 3.8) is 0 Å². The van der Waals surface area contributed by atoms with E-state index in [0.717, 1.165) is 21.4 Å². The Labute approximate surface area is 139 Å². The van der Waals surface area contributed by atoms with Crippen molar-refractivity contribution in [3.05, 3.63) is 88.3 Å². The fourth-order valence-electron chi connectivity index (χ4n) is 2.26. The minimum atomic E-state index is -0.558. The number of esters is 1. The second-order valence-electron chi connectivity index (χ2n) is 5.32. The Bertz CT molecular complexity index is 900. The molecule has 0 atom stereocenters. The molecule has 0 radical (unpaired) electrons. The Balaban J connectivity index is 1.65. The highest BCUT2D eigenvalue weighted by Gasteiger charge is 2.10. The minimum Gasteiger partial charge on any atom is -0.456 e. The van der Waals surface area contributed by atoms with Gasteiger partial charge in [-0.15, -0.1) is 0 Å². The predicted molar refractivity (Wildman–Crippen MR) is 90.5 cm³/mol. The van der Waals surface area contributed by atoms with Crippen LogP contribution in [0, 0.1) is 0 Å². The number of rotatable bonds is 4. The smallest absolute Gasteiger partial charge is 0.359 e. The summed E-state index contributed by atoms with van der Waals surface area (Å²) in [7, 11) is 1.49. The molecule has 5 heteroatoms. The molecule has 0 spiro atoms. The van der Waals surface area contributed by atoms with Crippen LogP contribution < -0.4 is 5.56 Å². The highest BCUT2D eigenvalue weighted by Crippen LogP contribution is 2.19. The lowest BCUT2D eigenvalue weighted by molar-refractivity contribution is 0.0463. The molecular weight excluding hydrogens is 304 g/mol. The van der Waals surface area contributed by atoms with Gasteiger partial charge in [-0.3, -0.25) is 4.79 Å². The van der Waals surface area contributed by atoms with Crippen LogP contribution in [0.3, 0.4) is 0 Å². The fourth-order valence-corrected chi connectivity index (χ4v) is 2.26. The molecule has 0 saturated carbocycles. The predicted octanol–water partition coefficient (Wildman–Crippen LogP) is 2.80. The second kappa shape index (κ2) is 6.91. The molecule has 5 nitrogen and oxygen atoms in total. The summed E-state index contributed by atoms with van der Waals surface area (Å²) in [6, 6.07) is 20.5. The zero-order valence-corrected chi connectivity index (χ0v) is 13.2. The summed E-state index contributed by atoms with van der Waals surface area (Å²) in [4.78, 5) is 23.2. The summed E-state index contributed by atoms with van der Waals surface area (Å²) in [5.74, 6) is -0.558. The third-order valence-electron chi connectivity index (χ3n) is 3.60. The number of nitrogens with zero attached hydrogens (tertiary/aromatic N) is 2. The van der Waals surface area contributed by atoms with Gasteiger partial charge >= 0.3 is 5.97 Å². The molecule has 0 saturated heterocycles. The topological polar surface area (TPSA) is 61.2 Å². The molecule has 120 valence electrons. The number of ether oxygens (including phenoxy) is 1. The van der Waals surface area contributed by atoms with E-state index in [9.17, 15) is 9.59 Å². The Morgan fingerprint density at radius 2 is 1.62 bits per heavy atom. The molecule has 0 bridgehead atoms. The van der Waals surface area contributed by atoms with Crippen LogP contribution in [0.15, 0.2) is 71.5 Å². The summed E-state index contributed by atoms with van der Waals surface area (Å²) in [6.45, 7) is 0.151. The lowest BCUT2D eigenvalue weighted by Gasteiger charge is -2.06. The minimum absolute atomic E-state index is 0.109. The first kappa shape index (κ1) is 15.7. The molecule has 0 unspecified atom stereocenters. The normalized spacial score (nSPS) is 10.4. The average Bonchev–Trinajstić information content (AvgIpc) is 2.63. The van der Waals surface area contributed by atoms with Crippen molar-refractivity contribution < 1.29 is 9.53 Å². The van der Waals surface area contributed by atoms with Crippen molar-refractivity contribution in [1.29, 1.82) is 0 Å². The molecule has 0 aliphatic rings. The van der Waals surface area contributed by atoms with E-state index in [0.29, 0.717) is 0 Å². The van der Waals surface area contributed by atoms with E-state index in [1.54, 1.807) is 0 Å². The monoisotopic (exact) mass is 320 g/mol. The Hall–Kier alpha value is -3.21. The molecule has 1 aromatic heterocycles. The van der Waals surface area contributed by atoms with Crippen molar-refractivity contribution in [2.24, 2.45) is 7.05 Å². The van der Waals surface area contributed by atoms with Gasteiger partial charge in [0.05, 0.1) is 0 Å². The van der Waals surface area contributed by atoms with E-state index < -0.39 is 5.97 Å². The maximum absolute atomic E-state index is 12.0. The van der Waals surface area contributed by atoms with Gasteiger partial charge in [0.1, 0.15) is 6.61 Å². The second-order valence-corrected chi connectivity index (χ2v) is 5.32. The molecule has 0 aliphatic carbocycles. The van der Waals surface area contributed by atoms with Crippen molar-refractivity contribution in [2.75, 3.05) is 0 Å². The van der Waals surface area contributed by atoms with Gasteiger partial charge in [0.2, 0.25) is 0 Å². The molecule has 0 aliphatic heterocycles. The molecule has 3 rings (SSSR count). The number of hydrogen-bond acceptors (Lipinski definition) is 4. The lowest BCUT2D eigenvalue weighted by atomic mass is 10.0. The number of aryl methyl sites for hydroxylation is 1. The number of benzene rings is 2. The van der Waals surface area contributed by atoms with Crippen molar-refractivity contribution in [1.82, 2.24) is 9.78 Å². The highest BCUT2D eigenvalue weighted by molar-refractivity contribution is 5.86. The van der Waals surface area contributed by atoms with Crippen molar-refractivity contribution in [3.8, 4) is 11.1 Å². The summed E-state index contributed by atoms with van der Waals surface area (Å²) in [5.41, 5.74) is 2.95. The first-order valence-electron chi connectivity index (χ1n) is 7.49. The fraction of sp³-hybridized carbons (Fsp3) is 0.105. The van der Waals surface area contributed by atoms with Crippen LogP contribution in [0.5, 0.6) is 0 Å². The SMILES string of the molecule is Cn1nc(C(=O)OCc2ccc(-c3ccccc3)cc2)ccc1=O. The van der Waals surface area contributed by atoms with Crippen molar-refractivity contribution >= 4 is 5.97 Å². The molecule has 2 aromatic carbocycles. The average molecular weight is 320 g/mol. The van der Waals surface area contributed by atoms with Gasteiger partial charge in [-0.2, -0.15) is 5.10 Å². The van der Waals surface area contributed by atoms with E-state index in [-0.39, 0.29) is 17.9 Å². The number of carbonyl (C=O) groups is 1. The Morgan fingerprint density at radius 1 is 0.958 bits per heavy atom. The number of hydrogen-bond donors (Lipinski definition) is 0. The van der Waals surface area contributed by atoms with E-state index in [1.165, 1.54) is 19.2 Å². The zero-order chi connectivity index (χ0) is 16.9. The quantitative estimate of drug-likeness (QED) is 0.694. The number of carbonyl (C=O) groups excluding carboxylic acids is 1. The number of aromatic nitrogens is 2. The Morgan fingerprint density at radius 3 is 2.29 bits per heavy atom. The van der Waals surface area contributed by atoms with Crippen LogP contribution in [-0.2, 0) is 18.4 Å². The molecular formula is C19H16N2O3. The van der Waals surface area contributed by atoms with Crippen LogP contribution in [0.4, 0.5) is 0 Å². The van der Waals surface area contributed by atoms with Crippen LogP contribution in [0.25, 0.3) is 11.1 Å². The zero-order valence-electron chi connectivity index (χ0n) is 13.2. The molecule has 0 fully saturated rings. The molecule has 0 amide bonds. The van der Waals surface area contributed by atoms with Crippen molar-refractivity contribution in [2.45, 2.75) is 6.61 Å². The summed E-state index contributed by atoms with van der Waals surface area (Å²) < 4.78 is 6.34. The van der Waals surface area contributed by atoms with Gasteiger partial charge in [-0.05, 0) is 22.8 Å². The molecule has 24 heavy (non-hydrogen) atoms. The van der Waals surface area contributed by atoms with Gasteiger partial charge in [0.15, 0.2) is 5.69 Å². The maximum Gasteiger partial charge on any atom is 0.359 e. The van der Waals surface area contributed by atoms with E-state index in [2.05, 4.69) is 5.10 Å². The largest absolute Gasteiger partial charge is 0.456 e. The molecule has 0 N–H and O–H groups in total. The van der Waals surface area contributed by atoms with Crippen LogP contribution in [-0.4, -0.2) is 15.7 Å². The van der Waals surface area contributed by atoms with Crippen LogP contribution in [0.1, 0.15) is 16.1 Å². The third-order valence-corrected chi connectivity index (χ3v) is 3.60. The van der Waals surface area contributed by atoms with E-state index >= 15 is 0 Å². The first-order valence-corrected chi connectivity index (χ1v) is 7.49. The Kier molecular flexibility index (Phi) is 4.52. The molecule has 1 heterocycles. The molecule has 3 aromatic rings. The van der Waals surface area contributed by atoms with Gasteiger partial charge in [0, 0.05) is 13.1 Å². The van der Waals surface area contributed by atoms with E-state index in [4.69, 9.17) is 4.74 Å². The van der Waals surface area contributed by atoms with Gasteiger partial charge in [0.25, 0.3) is 5.56 Å². The standard InChI is InChI=1S/C19H16N2O3/c1-21-18(22)12-11-17(20-21)19(23)24-13-14-7-9-16(10-8-14)15-5-3-2-4-6-15/h2-12H,13H2,1H3. The van der Waals surface area contributed by atoms with Gasteiger partial charge in [-0.1, -0.05) is 54.6 Å². The highest BCUT2D eigenvalue weighted by atomic mass is 16.5. The van der Waals surface area contributed by atoms with Gasteiger partial charge in [-0.25, -0.2) is 9.48 Å². The maximum atomic E-state index is 12.0.